The molecule has 124 valence electrons. The van der Waals surface area contributed by atoms with Gasteiger partial charge in [0.1, 0.15) is 17.9 Å². The van der Waals surface area contributed by atoms with Crippen LogP contribution in [0.5, 0.6) is 5.75 Å². The number of rotatable bonds is 5. The Morgan fingerprint density at radius 1 is 1.04 bits per heavy atom. The number of anilines is 1. The van der Waals surface area contributed by atoms with Crippen LogP contribution in [-0.2, 0) is 0 Å². The lowest BCUT2D eigenvalue weighted by molar-refractivity contribution is -0.0498. The highest BCUT2D eigenvalue weighted by Crippen LogP contribution is 2.26. The fourth-order valence-electron chi connectivity index (χ4n) is 2.51. The number of aryl methyl sites for hydroxylation is 1. The minimum absolute atomic E-state index is 0.0517. The van der Waals surface area contributed by atoms with Crippen molar-refractivity contribution >= 4 is 16.7 Å². The van der Waals surface area contributed by atoms with E-state index in [1.165, 1.54) is 18.5 Å². The molecule has 0 spiro atoms. The van der Waals surface area contributed by atoms with Gasteiger partial charge in [-0.3, -0.25) is 0 Å². The summed E-state index contributed by atoms with van der Waals surface area (Å²) in [5, 5.41) is 4.29. The topological polar surface area (TPSA) is 47.0 Å². The molecule has 0 aliphatic carbocycles. The van der Waals surface area contributed by atoms with Gasteiger partial charge in [0.15, 0.2) is 0 Å². The van der Waals surface area contributed by atoms with E-state index < -0.39 is 6.61 Å². The van der Waals surface area contributed by atoms with Crippen molar-refractivity contribution in [1.29, 1.82) is 0 Å². The number of halogens is 2. The SMILES string of the molecule is Cc1ccc2ncnc(NC(C)c3ccc(OC(F)F)cc3)c2c1. The van der Waals surface area contributed by atoms with Crippen molar-refractivity contribution in [2.45, 2.75) is 26.5 Å². The van der Waals surface area contributed by atoms with E-state index in [9.17, 15) is 8.78 Å². The molecule has 0 radical (unpaired) electrons. The van der Waals surface area contributed by atoms with Gasteiger partial charge in [-0.05, 0) is 43.7 Å². The van der Waals surface area contributed by atoms with Crippen LogP contribution in [0.1, 0.15) is 24.1 Å². The van der Waals surface area contributed by atoms with Gasteiger partial charge in [-0.25, -0.2) is 9.97 Å². The lowest BCUT2D eigenvalue weighted by atomic mass is 10.1. The summed E-state index contributed by atoms with van der Waals surface area (Å²) in [4.78, 5) is 8.59. The molecule has 0 aliphatic rings. The van der Waals surface area contributed by atoms with E-state index in [1.54, 1.807) is 12.1 Å². The van der Waals surface area contributed by atoms with Crippen molar-refractivity contribution in [3.05, 3.63) is 59.9 Å². The van der Waals surface area contributed by atoms with Gasteiger partial charge in [-0.15, -0.1) is 0 Å². The zero-order valence-corrected chi connectivity index (χ0v) is 13.3. The molecule has 6 heteroatoms. The fourth-order valence-corrected chi connectivity index (χ4v) is 2.51. The van der Waals surface area contributed by atoms with Gasteiger partial charge in [-0.1, -0.05) is 23.8 Å². The van der Waals surface area contributed by atoms with Crippen LogP contribution in [-0.4, -0.2) is 16.6 Å². The summed E-state index contributed by atoms with van der Waals surface area (Å²) >= 11 is 0. The third-order valence-corrected chi connectivity index (χ3v) is 3.75. The van der Waals surface area contributed by atoms with E-state index in [0.29, 0.717) is 0 Å². The van der Waals surface area contributed by atoms with Crippen LogP contribution in [0.3, 0.4) is 0 Å². The third kappa shape index (κ3) is 3.59. The Balaban J connectivity index is 1.82. The van der Waals surface area contributed by atoms with Crippen molar-refractivity contribution < 1.29 is 13.5 Å². The molecule has 3 aromatic rings. The van der Waals surface area contributed by atoms with Crippen molar-refractivity contribution in [3.8, 4) is 5.75 Å². The Labute approximate surface area is 138 Å². The molecule has 0 amide bonds. The molecule has 1 N–H and O–H groups in total. The first-order chi connectivity index (χ1) is 11.5. The van der Waals surface area contributed by atoms with Crippen LogP contribution >= 0.6 is 0 Å². The van der Waals surface area contributed by atoms with Gasteiger partial charge in [0.05, 0.1) is 5.52 Å². The van der Waals surface area contributed by atoms with Gasteiger partial charge < -0.3 is 10.1 Å². The van der Waals surface area contributed by atoms with Crippen LogP contribution in [0, 0.1) is 6.92 Å². The van der Waals surface area contributed by atoms with E-state index >= 15 is 0 Å². The first kappa shape index (κ1) is 16.1. The molecule has 0 aliphatic heterocycles. The summed E-state index contributed by atoms with van der Waals surface area (Å²) in [6.07, 6.45) is 1.52. The molecular weight excluding hydrogens is 312 g/mol. The second-order valence-corrected chi connectivity index (χ2v) is 5.56. The number of alkyl halides is 2. The Morgan fingerprint density at radius 2 is 1.79 bits per heavy atom. The van der Waals surface area contributed by atoms with E-state index in [4.69, 9.17) is 0 Å². The normalized spacial score (nSPS) is 12.4. The monoisotopic (exact) mass is 329 g/mol. The highest BCUT2D eigenvalue weighted by Gasteiger charge is 2.11. The summed E-state index contributed by atoms with van der Waals surface area (Å²) in [5.41, 5.74) is 2.93. The van der Waals surface area contributed by atoms with Crippen molar-refractivity contribution in [1.82, 2.24) is 9.97 Å². The summed E-state index contributed by atoms with van der Waals surface area (Å²) in [7, 11) is 0. The minimum atomic E-state index is -2.82. The van der Waals surface area contributed by atoms with Crippen molar-refractivity contribution in [3.63, 3.8) is 0 Å². The number of hydrogen-bond donors (Lipinski definition) is 1. The highest BCUT2D eigenvalue weighted by molar-refractivity contribution is 5.89. The molecule has 1 unspecified atom stereocenters. The van der Waals surface area contributed by atoms with E-state index in [0.717, 1.165) is 27.8 Å². The van der Waals surface area contributed by atoms with E-state index in [-0.39, 0.29) is 11.8 Å². The van der Waals surface area contributed by atoms with Crippen LogP contribution in [0.4, 0.5) is 14.6 Å². The molecule has 4 nitrogen and oxygen atoms in total. The van der Waals surface area contributed by atoms with Crippen LogP contribution in [0.15, 0.2) is 48.8 Å². The standard InChI is InChI=1S/C18H17F2N3O/c1-11-3-8-16-15(9-11)17(22-10-21-16)23-12(2)13-4-6-14(7-5-13)24-18(19)20/h3-10,12,18H,1-2H3,(H,21,22,23). The molecular formula is C18H17F2N3O. The second kappa shape index (κ2) is 6.78. The average molecular weight is 329 g/mol. The number of fused-ring (bicyclic) bond motifs is 1. The van der Waals surface area contributed by atoms with Crippen LogP contribution in [0.25, 0.3) is 10.9 Å². The summed E-state index contributed by atoms with van der Waals surface area (Å²) in [6, 6.07) is 12.5. The lowest BCUT2D eigenvalue weighted by Gasteiger charge is -2.17. The van der Waals surface area contributed by atoms with Gasteiger partial charge in [-0.2, -0.15) is 8.78 Å². The first-order valence-electron chi connectivity index (χ1n) is 7.55. The number of ether oxygens (including phenoxy) is 1. The molecule has 0 saturated carbocycles. The van der Waals surface area contributed by atoms with Gasteiger partial charge in [0.2, 0.25) is 0 Å². The van der Waals surface area contributed by atoms with Crippen LogP contribution < -0.4 is 10.1 Å². The maximum Gasteiger partial charge on any atom is 0.387 e. The zero-order valence-electron chi connectivity index (χ0n) is 13.3. The molecule has 24 heavy (non-hydrogen) atoms. The maximum absolute atomic E-state index is 12.2. The van der Waals surface area contributed by atoms with Gasteiger partial charge in [0.25, 0.3) is 0 Å². The highest BCUT2D eigenvalue weighted by atomic mass is 19.3. The number of nitrogens with one attached hydrogen (secondary N) is 1. The molecule has 1 atom stereocenters. The summed E-state index contributed by atoms with van der Waals surface area (Å²) < 4.78 is 28.8. The largest absolute Gasteiger partial charge is 0.435 e. The first-order valence-corrected chi connectivity index (χ1v) is 7.55. The predicted octanol–water partition coefficient (Wildman–Crippen LogP) is 4.71. The molecule has 0 fully saturated rings. The Morgan fingerprint density at radius 3 is 2.50 bits per heavy atom. The van der Waals surface area contributed by atoms with Gasteiger partial charge >= 0.3 is 6.61 Å². The minimum Gasteiger partial charge on any atom is -0.435 e. The fraction of sp³-hybridized carbons (Fsp3) is 0.222. The molecule has 0 saturated heterocycles. The quantitative estimate of drug-likeness (QED) is 0.736. The molecule has 1 aromatic heterocycles. The lowest BCUT2D eigenvalue weighted by Crippen LogP contribution is -2.09. The predicted molar refractivity (Wildman–Crippen MR) is 89.4 cm³/mol. The summed E-state index contributed by atoms with van der Waals surface area (Å²) in [6.45, 7) is 1.18. The van der Waals surface area contributed by atoms with E-state index in [2.05, 4.69) is 20.0 Å². The Bertz CT molecular complexity index is 837. The Kier molecular flexibility index (Phi) is 4.55. The third-order valence-electron chi connectivity index (χ3n) is 3.75. The number of benzene rings is 2. The smallest absolute Gasteiger partial charge is 0.387 e. The van der Waals surface area contributed by atoms with Crippen molar-refractivity contribution in [2.75, 3.05) is 5.32 Å². The van der Waals surface area contributed by atoms with Crippen LogP contribution in [0.2, 0.25) is 0 Å². The summed E-state index contributed by atoms with van der Waals surface area (Å²) in [5.74, 6) is 0.883. The number of aromatic nitrogens is 2. The van der Waals surface area contributed by atoms with E-state index in [1.807, 2.05) is 32.0 Å². The molecule has 0 bridgehead atoms. The molecule has 2 aromatic carbocycles. The number of nitrogens with zero attached hydrogens (tertiary/aromatic N) is 2. The zero-order chi connectivity index (χ0) is 17.1. The molecule has 1 heterocycles. The average Bonchev–Trinajstić information content (AvgIpc) is 2.55. The van der Waals surface area contributed by atoms with Gasteiger partial charge in [0, 0.05) is 11.4 Å². The number of hydrogen-bond acceptors (Lipinski definition) is 4. The van der Waals surface area contributed by atoms with Crippen molar-refractivity contribution in [2.24, 2.45) is 0 Å². The Hall–Kier alpha value is -2.76. The maximum atomic E-state index is 12.2. The second-order valence-electron chi connectivity index (χ2n) is 5.56. The molecule has 3 rings (SSSR count).